The van der Waals surface area contributed by atoms with Crippen LogP contribution in [-0.2, 0) is 13.6 Å². The normalized spacial score (nSPS) is 10.6. The molecule has 2 aromatic heterocycles. The Hall–Kier alpha value is -1.69. The van der Waals surface area contributed by atoms with E-state index in [9.17, 15) is 0 Å². The molecule has 2 aromatic rings. The number of aryl methyl sites for hydroxylation is 3. The minimum atomic E-state index is 0.365. The molecule has 0 saturated carbocycles. The number of anilines is 1. The maximum Gasteiger partial charge on any atom is 0.171 e. The lowest BCUT2D eigenvalue weighted by molar-refractivity contribution is 0.746. The van der Waals surface area contributed by atoms with Crippen molar-refractivity contribution in [2.45, 2.75) is 20.4 Å². The van der Waals surface area contributed by atoms with Crippen LogP contribution in [0.1, 0.15) is 17.2 Å². The summed E-state index contributed by atoms with van der Waals surface area (Å²) in [6.45, 7) is 4.24. The van der Waals surface area contributed by atoms with E-state index < -0.39 is 0 Å². The monoisotopic (exact) mass is 252 g/mol. The van der Waals surface area contributed by atoms with Crippen LogP contribution in [0.2, 0.25) is 5.15 Å². The first-order valence-corrected chi connectivity index (χ1v) is 5.53. The van der Waals surface area contributed by atoms with Crippen LogP contribution in [0.25, 0.3) is 0 Å². The average Bonchev–Trinajstić information content (AvgIpc) is 2.68. The van der Waals surface area contributed by atoms with Gasteiger partial charge in [0.2, 0.25) is 0 Å². The van der Waals surface area contributed by atoms with Crippen molar-refractivity contribution in [1.82, 2.24) is 24.7 Å². The summed E-state index contributed by atoms with van der Waals surface area (Å²) in [7, 11) is 1.82. The molecular formula is C10H13ClN6. The van der Waals surface area contributed by atoms with Gasteiger partial charge in [0, 0.05) is 7.05 Å². The van der Waals surface area contributed by atoms with Gasteiger partial charge in [-0.25, -0.2) is 15.0 Å². The van der Waals surface area contributed by atoms with Crippen molar-refractivity contribution in [3.05, 3.63) is 28.7 Å². The van der Waals surface area contributed by atoms with E-state index in [2.05, 4.69) is 25.4 Å². The summed E-state index contributed by atoms with van der Waals surface area (Å²) in [5.41, 5.74) is 1.68. The summed E-state index contributed by atoms with van der Waals surface area (Å²) >= 11 is 5.99. The Morgan fingerprint density at radius 3 is 2.65 bits per heavy atom. The molecule has 0 saturated heterocycles. The van der Waals surface area contributed by atoms with E-state index in [4.69, 9.17) is 11.6 Å². The topological polar surface area (TPSA) is 68.5 Å². The fourth-order valence-corrected chi connectivity index (χ4v) is 1.55. The molecule has 0 radical (unpaired) electrons. The van der Waals surface area contributed by atoms with Gasteiger partial charge in [0.25, 0.3) is 0 Å². The first kappa shape index (κ1) is 11.8. The summed E-state index contributed by atoms with van der Waals surface area (Å²) in [6, 6.07) is 0. The molecule has 0 aliphatic carbocycles. The zero-order chi connectivity index (χ0) is 12.4. The van der Waals surface area contributed by atoms with E-state index in [0.717, 1.165) is 11.4 Å². The number of hydrogen-bond donors (Lipinski definition) is 1. The molecule has 0 aromatic carbocycles. The Balaban J connectivity index is 2.11. The Morgan fingerprint density at radius 2 is 2.00 bits per heavy atom. The third-order valence-corrected chi connectivity index (χ3v) is 2.59. The Morgan fingerprint density at radius 1 is 1.29 bits per heavy atom. The number of nitrogens with zero attached hydrogens (tertiary/aromatic N) is 5. The maximum atomic E-state index is 5.99. The van der Waals surface area contributed by atoms with Crippen LogP contribution in [-0.4, -0.2) is 24.7 Å². The minimum absolute atomic E-state index is 0.365. The van der Waals surface area contributed by atoms with E-state index in [1.54, 1.807) is 11.0 Å². The van der Waals surface area contributed by atoms with Crippen LogP contribution < -0.4 is 5.32 Å². The highest BCUT2D eigenvalue weighted by Gasteiger charge is 2.07. The molecule has 0 atom stereocenters. The standard InChI is InChI=1S/C10H13ClN6/c1-6-7(2)15-10(9(11)14-6)12-4-8-13-5-17(3)16-8/h5H,4H2,1-3H3,(H,12,15). The first-order valence-electron chi connectivity index (χ1n) is 5.15. The third-order valence-electron chi connectivity index (χ3n) is 2.33. The zero-order valence-corrected chi connectivity index (χ0v) is 10.7. The van der Waals surface area contributed by atoms with Gasteiger partial charge in [-0.2, -0.15) is 5.10 Å². The van der Waals surface area contributed by atoms with Gasteiger partial charge in [-0.15, -0.1) is 0 Å². The number of hydrogen-bond acceptors (Lipinski definition) is 5. The second-order valence-corrected chi connectivity index (χ2v) is 4.08. The smallest absolute Gasteiger partial charge is 0.171 e. The molecule has 0 fully saturated rings. The van der Waals surface area contributed by atoms with Gasteiger partial charge in [-0.1, -0.05) is 11.6 Å². The van der Waals surface area contributed by atoms with Crippen molar-refractivity contribution in [1.29, 1.82) is 0 Å². The summed E-state index contributed by atoms with van der Waals surface area (Å²) in [5, 5.41) is 7.58. The number of aromatic nitrogens is 5. The lowest BCUT2D eigenvalue weighted by Gasteiger charge is -2.07. The van der Waals surface area contributed by atoms with Crippen LogP contribution >= 0.6 is 11.6 Å². The van der Waals surface area contributed by atoms with Crippen LogP contribution in [0.4, 0.5) is 5.82 Å². The molecule has 0 aliphatic heterocycles. The second-order valence-electron chi connectivity index (χ2n) is 3.72. The predicted octanol–water partition coefficient (Wildman–Crippen LogP) is 1.49. The molecule has 0 aliphatic rings. The van der Waals surface area contributed by atoms with Crippen molar-refractivity contribution in [2.75, 3.05) is 5.32 Å². The molecule has 2 heterocycles. The van der Waals surface area contributed by atoms with Gasteiger partial charge in [0.05, 0.1) is 17.9 Å². The molecule has 90 valence electrons. The van der Waals surface area contributed by atoms with Gasteiger partial charge >= 0.3 is 0 Å². The van der Waals surface area contributed by atoms with E-state index in [-0.39, 0.29) is 0 Å². The maximum absolute atomic E-state index is 5.99. The fourth-order valence-electron chi connectivity index (χ4n) is 1.32. The van der Waals surface area contributed by atoms with Crippen molar-refractivity contribution < 1.29 is 0 Å². The Labute approximate surface area is 104 Å². The molecule has 1 N–H and O–H groups in total. The number of halogens is 1. The zero-order valence-electron chi connectivity index (χ0n) is 9.90. The molecule has 2 rings (SSSR count). The van der Waals surface area contributed by atoms with Gasteiger partial charge < -0.3 is 5.32 Å². The summed E-state index contributed by atoms with van der Waals surface area (Å²) in [6.07, 6.45) is 1.64. The van der Waals surface area contributed by atoms with Crippen LogP contribution in [0.5, 0.6) is 0 Å². The van der Waals surface area contributed by atoms with Crippen molar-refractivity contribution in [3.8, 4) is 0 Å². The molecule has 0 unspecified atom stereocenters. The van der Waals surface area contributed by atoms with Crippen LogP contribution in [0.3, 0.4) is 0 Å². The highest BCUT2D eigenvalue weighted by Crippen LogP contribution is 2.18. The predicted molar refractivity (Wildman–Crippen MR) is 64.8 cm³/mol. The Kier molecular flexibility index (Phi) is 3.23. The van der Waals surface area contributed by atoms with E-state index in [0.29, 0.717) is 23.3 Å². The fraction of sp³-hybridized carbons (Fsp3) is 0.400. The summed E-state index contributed by atoms with van der Waals surface area (Å²) in [5.74, 6) is 1.24. The average molecular weight is 253 g/mol. The third kappa shape index (κ3) is 2.71. The van der Waals surface area contributed by atoms with Gasteiger partial charge in [0.1, 0.15) is 6.33 Å². The molecule has 17 heavy (non-hydrogen) atoms. The van der Waals surface area contributed by atoms with Crippen LogP contribution in [0, 0.1) is 13.8 Å². The lowest BCUT2D eigenvalue weighted by Crippen LogP contribution is -2.07. The second kappa shape index (κ2) is 4.67. The molecule has 0 amide bonds. The molecule has 0 bridgehead atoms. The SMILES string of the molecule is Cc1nc(Cl)c(NCc2ncn(C)n2)nc1C. The highest BCUT2D eigenvalue weighted by atomic mass is 35.5. The van der Waals surface area contributed by atoms with Crippen molar-refractivity contribution >= 4 is 17.4 Å². The number of nitrogens with one attached hydrogen (secondary N) is 1. The first-order chi connectivity index (χ1) is 8.06. The van der Waals surface area contributed by atoms with E-state index >= 15 is 0 Å². The van der Waals surface area contributed by atoms with Crippen molar-refractivity contribution in [2.24, 2.45) is 7.05 Å². The number of rotatable bonds is 3. The lowest BCUT2D eigenvalue weighted by atomic mass is 10.3. The van der Waals surface area contributed by atoms with E-state index in [1.807, 2.05) is 20.9 Å². The summed E-state index contributed by atoms with van der Waals surface area (Å²) in [4.78, 5) is 12.6. The van der Waals surface area contributed by atoms with Gasteiger partial charge in [-0.3, -0.25) is 4.68 Å². The molecule has 6 nitrogen and oxygen atoms in total. The van der Waals surface area contributed by atoms with Gasteiger partial charge in [-0.05, 0) is 13.8 Å². The van der Waals surface area contributed by atoms with Crippen LogP contribution in [0.15, 0.2) is 6.33 Å². The van der Waals surface area contributed by atoms with Crippen molar-refractivity contribution in [3.63, 3.8) is 0 Å². The quantitative estimate of drug-likeness (QED) is 0.896. The molecule has 7 heteroatoms. The Bertz CT molecular complexity index is 536. The molecular weight excluding hydrogens is 240 g/mol. The largest absolute Gasteiger partial charge is 0.360 e. The highest BCUT2D eigenvalue weighted by molar-refractivity contribution is 6.31. The van der Waals surface area contributed by atoms with E-state index in [1.165, 1.54) is 0 Å². The van der Waals surface area contributed by atoms with Gasteiger partial charge in [0.15, 0.2) is 16.8 Å². The summed E-state index contributed by atoms with van der Waals surface area (Å²) < 4.78 is 1.64. The molecule has 0 spiro atoms. The minimum Gasteiger partial charge on any atom is -0.360 e.